The van der Waals surface area contributed by atoms with Crippen LogP contribution < -0.4 is 5.32 Å². The van der Waals surface area contributed by atoms with Crippen molar-refractivity contribution in [2.24, 2.45) is 0 Å². The van der Waals surface area contributed by atoms with Crippen molar-refractivity contribution in [2.45, 2.75) is 32.7 Å². The van der Waals surface area contributed by atoms with Crippen molar-refractivity contribution in [3.8, 4) is 0 Å². The van der Waals surface area contributed by atoms with Gasteiger partial charge in [0, 0.05) is 6.04 Å². The maximum Gasteiger partial charge on any atom is 0.374 e. The number of hydrogen-bond donors (Lipinski definition) is 1. The Morgan fingerprint density at radius 3 is 2.56 bits per heavy atom. The zero-order chi connectivity index (χ0) is 13.5. The predicted molar refractivity (Wildman–Crippen MR) is 69.2 cm³/mol. The highest BCUT2D eigenvalue weighted by molar-refractivity contribution is 9.10. The maximum absolute atomic E-state index is 11.5. The number of hydrogen-bond acceptors (Lipinski definition) is 4. The third-order valence-corrected chi connectivity index (χ3v) is 2.89. The summed E-state index contributed by atoms with van der Waals surface area (Å²) in [6.07, 6.45) is 1.70. The van der Waals surface area contributed by atoms with E-state index in [2.05, 4.69) is 21.2 Å². The number of furan rings is 1. The Hall–Kier alpha value is -1.30. The van der Waals surface area contributed by atoms with E-state index in [0.717, 1.165) is 12.8 Å². The molecule has 0 bridgehead atoms. The van der Waals surface area contributed by atoms with Gasteiger partial charge in [0.15, 0.2) is 11.3 Å². The molecule has 1 rings (SSSR count). The predicted octanol–water partition coefficient (Wildman–Crippen LogP) is 2.50. The molecule has 0 aliphatic heterocycles. The van der Waals surface area contributed by atoms with Gasteiger partial charge in [-0.25, -0.2) is 4.79 Å². The number of ether oxygens (including phenoxy) is 1. The van der Waals surface area contributed by atoms with E-state index in [-0.39, 0.29) is 24.3 Å². The molecule has 100 valence electrons. The van der Waals surface area contributed by atoms with Gasteiger partial charge in [-0.3, -0.25) is 4.79 Å². The molecule has 0 saturated heterocycles. The standard InChI is InChI=1S/C12H16BrNO4/c1-3-8(4-2)14-11(15)7-17-12(16)9-5-6-10(13)18-9/h5-6,8H,3-4,7H2,1-2H3,(H,14,15). The molecule has 1 N–H and O–H groups in total. The number of amides is 1. The molecule has 6 heteroatoms. The molecule has 0 aliphatic carbocycles. The first-order chi connectivity index (χ1) is 8.56. The minimum absolute atomic E-state index is 0.0669. The Morgan fingerprint density at radius 2 is 2.06 bits per heavy atom. The van der Waals surface area contributed by atoms with Crippen LogP contribution in [0.1, 0.15) is 37.2 Å². The van der Waals surface area contributed by atoms with Crippen LogP contribution in [0.4, 0.5) is 0 Å². The molecule has 0 atom stereocenters. The van der Waals surface area contributed by atoms with Gasteiger partial charge >= 0.3 is 5.97 Å². The molecule has 1 aromatic rings. The van der Waals surface area contributed by atoms with Crippen LogP contribution in [0.2, 0.25) is 0 Å². The van der Waals surface area contributed by atoms with Crippen molar-refractivity contribution in [3.05, 3.63) is 22.6 Å². The quantitative estimate of drug-likeness (QED) is 0.818. The van der Waals surface area contributed by atoms with Gasteiger partial charge in [0.05, 0.1) is 0 Å². The van der Waals surface area contributed by atoms with Gasteiger partial charge in [-0.2, -0.15) is 0 Å². The first kappa shape index (κ1) is 14.8. The van der Waals surface area contributed by atoms with Crippen LogP contribution in [0.3, 0.4) is 0 Å². The number of rotatable bonds is 6. The highest BCUT2D eigenvalue weighted by Gasteiger charge is 2.15. The van der Waals surface area contributed by atoms with E-state index in [1.54, 1.807) is 6.07 Å². The van der Waals surface area contributed by atoms with Gasteiger partial charge in [0.1, 0.15) is 0 Å². The van der Waals surface area contributed by atoms with Crippen molar-refractivity contribution in [1.82, 2.24) is 5.32 Å². The summed E-state index contributed by atoms with van der Waals surface area (Å²) in [5.74, 6) is -0.889. The van der Waals surface area contributed by atoms with E-state index < -0.39 is 5.97 Å². The Kier molecular flexibility index (Phi) is 5.91. The third-order valence-electron chi connectivity index (χ3n) is 2.46. The molecule has 0 fully saturated rings. The summed E-state index contributed by atoms with van der Waals surface area (Å²) < 4.78 is 10.3. The van der Waals surface area contributed by atoms with Gasteiger partial charge in [-0.15, -0.1) is 0 Å². The van der Waals surface area contributed by atoms with E-state index in [9.17, 15) is 9.59 Å². The Bertz CT molecular complexity index is 412. The monoisotopic (exact) mass is 317 g/mol. The molecular weight excluding hydrogens is 302 g/mol. The van der Waals surface area contributed by atoms with Crippen LogP contribution in [0.5, 0.6) is 0 Å². The van der Waals surface area contributed by atoms with Crippen molar-refractivity contribution < 1.29 is 18.7 Å². The molecule has 18 heavy (non-hydrogen) atoms. The Balaban J connectivity index is 2.36. The summed E-state index contributed by atoms with van der Waals surface area (Å²) in [6, 6.07) is 3.18. The average molecular weight is 318 g/mol. The second-order valence-corrected chi connectivity index (χ2v) is 4.54. The van der Waals surface area contributed by atoms with Gasteiger partial charge in [0.2, 0.25) is 5.76 Å². The van der Waals surface area contributed by atoms with Gasteiger partial charge < -0.3 is 14.5 Å². The topological polar surface area (TPSA) is 68.5 Å². The fourth-order valence-electron chi connectivity index (χ4n) is 1.39. The average Bonchev–Trinajstić information content (AvgIpc) is 2.79. The lowest BCUT2D eigenvalue weighted by Crippen LogP contribution is -2.36. The summed E-state index contributed by atoms with van der Waals surface area (Å²) in [4.78, 5) is 23.0. The Labute approximate surface area is 114 Å². The summed E-state index contributed by atoms with van der Waals surface area (Å²) >= 11 is 3.08. The smallest absolute Gasteiger partial charge is 0.374 e. The van der Waals surface area contributed by atoms with Crippen molar-refractivity contribution in [3.63, 3.8) is 0 Å². The van der Waals surface area contributed by atoms with Crippen molar-refractivity contribution >= 4 is 27.8 Å². The Morgan fingerprint density at radius 1 is 1.39 bits per heavy atom. The molecule has 1 amide bonds. The lowest BCUT2D eigenvalue weighted by atomic mass is 10.2. The SMILES string of the molecule is CCC(CC)NC(=O)COC(=O)c1ccc(Br)o1. The van der Waals surface area contributed by atoms with Crippen LogP contribution in [0, 0.1) is 0 Å². The lowest BCUT2D eigenvalue weighted by molar-refractivity contribution is -0.125. The number of halogens is 1. The van der Waals surface area contributed by atoms with Gasteiger partial charge in [-0.1, -0.05) is 13.8 Å². The summed E-state index contributed by atoms with van der Waals surface area (Å²) in [6.45, 7) is 3.68. The number of carbonyl (C=O) groups excluding carboxylic acids is 2. The number of carbonyl (C=O) groups is 2. The van der Waals surface area contributed by atoms with E-state index in [1.807, 2.05) is 13.8 Å². The van der Waals surface area contributed by atoms with Crippen LogP contribution in [-0.4, -0.2) is 24.5 Å². The molecule has 1 aromatic heterocycles. The van der Waals surface area contributed by atoms with Crippen LogP contribution >= 0.6 is 15.9 Å². The zero-order valence-electron chi connectivity index (χ0n) is 10.4. The van der Waals surface area contributed by atoms with Gasteiger partial charge in [0.25, 0.3) is 5.91 Å². The molecule has 0 aliphatic rings. The fraction of sp³-hybridized carbons (Fsp3) is 0.500. The molecule has 0 saturated carbocycles. The second-order valence-electron chi connectivity index (χ2n) is 3.76. The minimum atomic E-state index is -0.652. The molecular formula is C12H16BrNO4. The third kappa shape index (κ3) is 4.52. The number of esters is 1. The number of nitrogens with one attached hydrogen (secondary N) is 1. The highest BCUT2D eigenvalue weighted by atomic mass is 79.9. The van der Waals surface area contributed by atoms with E-state index in [4.69, 9.17) is 9.15 Å². The summed E-state index contributed by atoms with van der Waals surface area (Å²) in [7, 11) is 0. The first-order valence-electron chi connectivity index (χ1n) is 5.78. The lowest BCUT2D eigenvalue weighted by Gasteiger charge is -2.14. The molecule has 0 aromatic carbocycles. The normalized spacial score (nSPS) is 10.4. The molecule has 0 radical (unpaired) electrons. The van der Waals surface area contributed by atoms with Crippen LogP contribution in [-0.2, 0) is 9.53 Å². The van der Waals surface area contributed by atoms with Gasteiger partial charge in [-0.05, 0) is 40.9 Å². The zero-order valence-corrected chi connectivity index (χ0v) is 12.0. The first-order valence-corrected chi connectivity index (χ1v) is 6.57. The minimum Gasteiger partial charge on any atom is -0.450 e. The maximum atomic E-state index is 11.5. The van der Waals surface area contributed by atoms with Crippen molar-refractivity contribution in [1.29, 1.82) is 0 Å². The summed E-state index contributed by atoms with van der Waals surface area (Å²) in [5, 5.41) is 2.77. The van der Waals surface area contributed by atoms with E-state index in [0.29, 0.717) is 4.67 Å². The molecule has 0 unspecified atom stereocenters. The molecule has 0 spiro atoms. The van der Waals surface area contributed by atoms with Crippen LogP contribution in [0.15, 0.2) is 21.2 Å². The van der Waals surface area contributed by atoms with E-state index in [1.165, 1.54) is 6.07 Å². The molecule has 5 nitrogen and oxygen atoms in total. The molecule has 1 heterocycles. The van der Waals surface area contributed by atoms with Crippen molar-refractivity contribution in [2.75, 3.05) is 6.61 Å². The summed E-state index contributed by atoms with van der Waals surface area (Å²) in [5.41, 5.74) is 0. The largest absolute Gasteiger partial charge is 0.450 e. The fourth-order valence-corrected chi connectivity index (χ4v) is 1.69. The van der Waals surface area contributed by atoms with Crippen LogP contribution in [0.25, 0.3) is 0 Å². The second kappa shape index (κ2) is 7.20. The highest BCUT2D eigenvalue weighted by Crippen LogP contribution is 2.14. The van der Waals surface area contributed by atoms with E-state index >= 15 is 0 Å².